The maximum Gasteiger partial charge on any atom is 0.0683 e. The fourth-order valence-corrected chi connectivity index (χ4v) is 2.23. The van der Waals surface area contributed by atoms with Gasteiger partial charge < -0.3 is 4.98 Å². The first-order valence-corrected chi connectivity index (χ1v) is 6.30. The van der Waals surface area contributed by atoms with Crippen LogP contribution in [0, 0.1) is 6.92 Å². The van der Waals surface area contributed by atoms with Gasteiger partial charge in [-0.25, -0.2) is 0 Å². The van der Waals surface area contributed by atoms with E-state index < -0.39 is 0 Å². The molecule has 1 aromatic heterocycles. The molecule has 0 saturated heterocycles. The van der Waals surface area contributed by atoms with Crippen molar-refractivity contribution in [1.29, 1.82) is 0 Å². The van der Waals surface area contributed by atoms with E-state index in [9.17, 15) is 0 Å². The molecule has 0 aromatic carbocycles. The van der Waals surface area contributed by atoms with Gasteiger partial charge >= 0.3 is 0 Å². The molecule has 90 valence electrons. The van der Waals surface area contributed by atoms with Gasteiger partial charge in [-0.3, -0.25) is 4.99 Å². The summed E-state index contributed by atoms with van der Waals surface area (Å²) in [6.07, 6.45) is 8.47. The molecule has 2 rings (SSSR count). The van der Waals surface area contributed by atoms with Gasteiger partial charge in [0.1, 0.15) is 0 Å². The number of allylic oxidation sites excluding steroid dienone is 2. The van der Waals surface area contributed by atoms with Gasteiger partial charge in [0, 0.05) is 17.6 Å². The first kappa shape index (κ1) is 11.9. The maximum atomic E-state index is 4.63. The van der Waals surface area contributed by atoms with Crippen LogP contribution < -0.4 is 0 Å². The highest BCUT2D eigenvalue weighted by Crippen LogP contribution is 2.24. The smallest absolute Gasteiger partial charge is 0.0683 e. The van der Waals surface area contributed by atoms with Crippen LogP contribution in [-0.2, 0) is 6.42 Å². The van der Waals surface area contributed by atoms with Gasteiger partial charge in [-0.05, 0) is 55.5 Å². The van der Waals surface area contributed by atoms with Crippen LogP contribution in [0.15, 0.2) is 28.5 Å². The van der Waals surface area contributed by atoms with Crippen LogP contribution in [0.1, 0.15) is 44.0 Å². The molecule has 0 aliphatic carbocycles. The molecule has 0 saturated carbocycles. The van der Waals surface area contributed by atoms with E-state index in [0.29, 0.717) is 0 Å². The third kappa shape index (κ3) is 2.26. The van der Waals surface area contributed by atoms with E-state index in [2.05, 4.69) is 56.0 Å². The third-order valence-electron chi connectivity index (χ3n) is 3.29. The first-order chi connectivity index (χ1) is 8.15. The minimum Gasteiger partial charge on any atom is -0.361 e. The predicted octanol–water partition coefficient (Wildman–Crippen LogP) is 4.04. The highest BCUT2D eigenvalue weighted by Gasteiger charge is 2.11. The van der Waals surface area contributed by atoms with Gasteiger partial charge in [0.15, 0.2) is 0 Å². The van der Waals surface area contributed by atoms with Gasteiger partial charge in [-0.1, -0.05) is 13.8 Å². The van der Waals surface area contributed by atoms with Crippen molar-refractivity contribution >= 4 is 11.8 Å². The Bertz CT molecular complexity index is 513. The number of aliphatic imine (C=N–C) groups is 1. The second-order valence-electron chi connectivity index (χ2n) is 4.53. The summed E-state index contributed by atoms with van der Waals surface area (Å²) in [7, 11) is 0. The first-order valence-electron chi connectivity index (χ1n) is 6.30. The maximum absolute atomic E-state index is 4.63. The van der Waals surface area contributed by atoms with Gasteiger partial charge in [-0.2, -0.15) is 0 Å². The summed E-state index contributed by atoms with van der Waals surface area (Å²) in [6.45, 7) is 8.60. The number of hydrogen-bond acceptors (Lipinski definition) is 1. The Labute approximate surface area is 103 Å². The van der Waals surface area contributed by atoms with Crippen molar-refractivity contribution in [2.24, 2.45) is 4.99 Å². The van der Waals surface area contributed by atoms with Crippen molar-refractivity contribution in [2.75, 3.05) is 0 Å². The Morgan fingerprint density at radius 2 is 2.00 bits per heavy atom. The summed E-state index contributed by atoms with van der Waals surface area (Å²) in [5.41, 5.74) is 7.46. The SMILES string of the molecule is CCC1=N/C(=C/c2[nH]cc(C)c2CC)C(C)=C1. The number of nitrogens with one attached hydrogen (secondary N) is 1. The quantitative estimate of drug-likeness (QED) is 0.809. The molecule has 0 unspecified atom stereocenters. The Morgan fingerprint density at radius 3 is 2.59 bits per heavy atom. The lowest BCUT2D eigenvalue weighted by atomic mass is 10.1. The number of aromatic nitrogens is 1. The molecule has 0 amide bonds. The van der Waals surface area contributed by atoms with E-state index in [0.717, 1.165) is 18.5 Å². The van der Waals surface area contributed by atoms with Gasteiger partial charge in [0.05, 0.1) is 5.70 Å². The van der Waals surface area contributed by atoms with E-state index in [-0.39, 0.29) is 0 Å². The molecule has 0 spiro atoms. The lowest BCUT2D eigenvalue weighted by Crippen LogP contribution is -1.86. The molecule has 1 aliphatic rings. The molecule has 2 heteroatoms. The Kier molecular flexibility index (Phi) is 3.32. The zero-order valence-corrected chi connectivity index (χ0v) is 11.1. The number of rotatable bonds is 3. The van der Waals surface area contributed by atoms with Crippen LogP contribution >= 0.6 is 0 Å². The number of hydrogen-bond donors (Lipinski definition) is 1. The van der Waals surface area contributed by atoms with E-state index in [1.165, 1.54) is 28.1 Å². The molecule has 17 heavy (non-hydrogen) atoms. The number of aryl methyl sites for hydroxylation is 1. The molecule has 1 aromatic rings. The molecule has 0 atom stereocenters. The molecule has 0 bridgehead atoms. The Hall–Kier alpha value is -1.57. The number of H-pyrrole nitrogens is 1. The predicted molar refractivity (Wildman–Crippen MR) is 74.4 cm³/mol. The van der Waals surface area contributed by atoms with Crippen molar-refractivity contribution in [3.63, 3.8) is 0 Å². The van der Waals surface area contributed by atoms with Gasteiger partial charge in [-0.15, -0.1) is 0 Å². The molecule has 0 radical (unpaired) electrons. The van der Waals surface area contributed by atoms with Crippen molar-refractivity contribution < 1.29 is 0 Å². The molecule has 0 fully saturated rings. The average molecular weight is 228 g/mol. The summed E-state index contributed by atoms with van der Waals surface area (Å²) in [6, 6.07) is 0. The zero-order chi connectivity index (χ0) is 12.4. The molecule has 1 aliphatic heterocycles. The fraction of sp³-hybridized carbons (Fsp3) is 0.400. The number of nitrogens with zero attached hydrogens (tertiary/aromatic N) is 1. The second-order valence-corrected chi connectivity index (χ2v) is 4.53. The molecular formula is C15H20N2. The van der Waals surface area contributed by atoms with E-state index in [1.54, 1.807) is 0 Å². The van der Waals surface area contributed by atoms with Crippen molar-refractivity contribution in [1.82, 2.24) is 4.98 Å². The summed E-state index contributed by atoms with van der Waals surface area (Å²) >= 11 is 0. The van der Waals surface area contributed by atoms with E-state index in [4.69, 9.17) is 0 Å². The highest BCUT2D eigenvalue weighted by atomic mass is 14.8. The summed E-state index contributed by atoms with van der Waals surface area (Å²) in [5, 5.41) is 0. The van der Waals surface area contributed by atoms with Crippen LogP contribution in [0.25, 0.3) is 6.08 Å². The highest BCUT2D eigenvalue weighted by molar-refractivity contribution is 6.00. The molecular weight excluding hydrogens is 208 g/mol. The molecule has 2 nitrogen and oxygen atoms in total. The fourth-order valence-electron chi connectivity index (χ4n) is 2.23. The molecule has 2 heterocycles. The summed E-state index contributed by atoms with van der Waals surface area (Å²) < 4.78 is 0. The van der Waals surface area contributed by atoms with Crippen molar-refractivity contribution in [3.8, 4) is 0 Å². The van der Waals surface area contributed by atoms with Crippen LogP contribution in [0.2, 0.25) is 0 Å². The monoisotopic (exact) mass is 228 g/mol. The minimum atomic E-state index is 0.999. The lowest BCUT2D eigenvalue weighted by Gasteiger charge is -2.00. The Morgan fingerprint density at radius 1 is 1.24 bits per heavy atom. The number of aromatic amines is 1. The van der Waals surface area contributed by atoms with Crippen molar-refractivity contribution in [3.05, 3.63) is 40.4 Å². The van der Waals surface area contributed by atoms with E-state index in [1.807, 2.05) is 0 Å². The zero-order valence-electron chi connectivity index (χ0n) is 11.1. The second kappa shape index (κ2) is 4.74. The lowest BCUT2D eigenvalue weighted by molar-refractivity contribution is 1.11. The Balaban J connectivity index is 2.38. The minimum absolute atomic E-state index is 0.999. The van der Waals surface area contributed by atoms with E-state index >= 15 is 0 Å². The normalized spacial score (nSPS) is 17.5. The summed E-state index contributed by atoms with van der Waals surface area (Å²) in [4.78, 5) is 7.97. The van der Waals surface area contributed by atoms with Crippen LogP contribution in [0.4, 0.5) is 0 Å². The summed E-state index contributed by atoms with van der Waals surface area (Å²) in [5.74, 6) is 0. The third-order valence-corrected chi connectivity index (χ3v) is 3.29. The van der Waals surface area contributed by atoms with Gasteiger partial charge in [0.2, 0.25) is 0 Å². The van der Waals surface area contributed by atoms with Crippen LogP contribution in [0.3, 0.4) is 0 Å². The van der Waals surface area contributed by atoms with Crippen LogP contribution in [-0.4, -0.2) is 10.7 Å². The topological polar surface area (TPSA) is 28.1 Å². The van der Waals surface area contributed by atoms with Crippen LogP contribution in [0.5, 0.6) is 0 Å². The average Bonchev–Trinajstić information content (AvgIpc) is 2.84. The van der Waals surface area contributed by atoms with Gasteiger partial charge in [0.25, 0.3) is 0 Å². The largest absolute Gasteiger partial charge is 0.361 e. The molecule has 1 N–H and O–H groups in total. The van der Waals surface area contributed by atoms with Crippen molar-refractivity contribution in [2.45, 2.75) is 40.5 Å². The standard InChI is InChI=1S/C15H20N2/c1-5-12-7-10(3)14(17-12)8-15-13(6-2)11(4)9-16-15/h7-9,16H,5-6H2,1-4H3/b14-8+.